The van der Waals surface area contributed by atoms with E-state index in [4.69, 9.17) is 5.73 Å². The van der Waals surface area contributed by atoms with E-state index in [-0.39, 0.29) is 6.10 Å². The fraction of sp³-hybridized carbons (Fsp3) is 0.500. The normalized spacial score (nSPS) is 16.9. The standard InChI is InChI=1S/C10H15N3O/c1-7-2-9(3-8(4-11)12-7)13-5-10(14)6-13/h2-3,10,14H,4-6,11H2,1H3. The molecule has 4 nitrogen and oxygen atoms in total. The molecule has 2 heterocycles. The minimum Gasteiger partial charge on any atom is -0.389 e. The van der Waals surface area contributed by atoms with Gasteiger partial charge >= 0.3 is 0 Å². The lowest BCUT2D eigenvalue weighted by atomic mass is 10.1. The number of rotatable bonds is 2. The van der Waals surface area contributed by atoms with E-state index in [0.29, 0.717) is 19.6 Å². The lowest BCUT2D eigenvalue weighted by Gasteiger charge is -2.38. The van der Waals surface area contributed by atoms with E-state index >= 15 is 0 Å². The number of aliphatic hydroxyl groups excluding tert-OH is 1. The maximum Gasteiger partial charge on any atom is 0.0889 e. The van der Waals surface area contributed by atoms with Gasteiger partial charge in [0.1, 0.15) is 0 Å². The molecule has 3 N–H and O–H groups in total. The van der Waals surface area contributed by atoms with Gasteiger partial charge in [0.25, 0.3) is 0 Å². The van der Waals surface area contributed by atoms with Crippen molar-refractivity contribution in [2.75, 3.05) is 18.0 Å². The van der Waals surface area contributed by atoms with Gasteiger partial charge in [0.15, 0.2) is 0 Å². The molecule has 14 heavy (non-hydrogen) atoms. The first-order valence-corrected chi connectivity index (χ1v) is 4.79. The van der Waals surface area contributed by atoms with Gasteiger partial charge in [0, 0.05) is 31.0 Å². The van der Waals surface area contributed by atoms with Gasteiger partial charge in [0.2, 0.25) is 0 Å². The smallest absolute Gasteiger partial charge is 0.0889 e. The monoisotopic (exact) mass is 193 g/mol. The molecule has 1 saturated heterocycles. The van der Waals surface area contributed by atoms with Crippen molar-refractivity contribution in [3.05, 3.63) is 23.5 Å². The maximum absolute atomic E-state index is 9.19. The molecule has 2 rings (SSSR count). The fourth-order valence-corrected chi connectivity index (χ4v) is 1.67. The summed E-state index contributed by atoms with van der Waals surface area (Å²) >= 11 is 0. The molecule has 0 unspecified atom stereocenters. The van der Waals surface area contributed by atoms with Crippen molar-refractivity contribution in [1.29, 1.82) is 0 Å². The Morgan fingerprint density at radius 2 is 2.29 bits per heavy atom. The van der Waals surface area contributed by atoms with Crippen LogP contribution in [0.4, 0.5) is 5.69 Å². The van der Waals surface area contributed by atoms with Gasteiger partial charge in [-0.3, -0.25) is 4.98 Å². The summed E-state index contributed by atoms with van der Waals surface area (Å²) < 4.78 is 0. The summed E-state index contributed by atoms with van der Waals surface area (Å²) in [5.41, 5.74) is 8.54. The van der Waals surface area contributed by atoms with E-state index in [0.717, 1.165) is 17.1 Å². The summed E-state index contributed by atoms with van der Waals surface area (Å²) in [7, 11) is 0. The zero-order chi connectivity index (χ0) is 10.1. The van der Waals surface area contributed by atoms with Crippen LogP contribution in [-0.2, 0) is 6.54 Å². The van der Waals surface area contributed by atoms with Gasteiger partial charge in [-0.1, -0.05) is 0 Å². The molecule has 1 aliphatic rings. The third-order valence-corrected chi connectivity index (χ3v) is 2.43. The molecule has 1 aromatic rings. The average Bonchev–Trinajstić information content (AvgIpc) is 2.12. The number of hydrogen-bond donors (Lipinski definition) is 2. The Morgan fingerprint density at radius 1 is 1.57 bits per heavy atom. The molecule has 0 saturated carbocycles. The summed E-state index contributed by atoms with van der Waals surface area (Å²) in [6, 6.07) is 4.00. The largest absolute Gasteiger partial charge is 0.389 e. The highest BCUT2D eigenvalue weighted by Crippen LogP contribution is 2.22. The number of hydrogen-bond acceptors (Lipinski definition) is 4. The van der Waals surface area contributed by atoms with E-state index in [2.05, 4.69) is 9.88 Å². The van der Waals surface area contributed by atoms with Crippen LogP contribution in [0.3, 0.4) is 0 Å². The first-order chi connectivity index (χ1) is 6.69. The highest BCUT2D eigenvalue weighted by molar-refractivity contribution is 5.50. The van der Waals surface area contributed by atoms with Gasteiger partial charge in [-0.15, -0.1) is 0 Å². The molecule has 1 aromatic heterocycles. The van der Waals surface area contributed by atoms with Crippen LogP contribution in [0.15, 0.2) is 12.1 Å². The van der Waals surface area contributed by atoms with Crippen molar-refractivity contribution in [2.24, 2.45) is 5.73 Å². The topological polar surface area (TPSA) is 62.4 Å². The number of aliphatic hydroxyl groups is 1. The molecular weight excluding hydrogens is 178 g/mol. The van der Waals surface area contributed by atoms with Crippen LogP contribution in [0.25, 0.3) is 0 Å². The predicted molar refractivity (Wildman–Crippen MR) is 55.1 cm³/mol. The second-order valence-electron chi connectivity index (χ2n) is 3.72. The Bertz CT molecular complexity index is 334. The van der Waals surface area contributed by atoms with Gasteiger partial charge in [-0.25, -0.2) is 0 Å². The maximum atomic E-state index is 9.19. The van der Waals surface area contributed by atoms with E-state index in [9.17, 15) is 5.11 Å². The molecular formula is C10H15N3O. The Hall–Kier alpha value is -1.13. The highest BCUT2D eigenvalue weighted by atomic mass is 16.3. The predicted octanol–water partition coefficient (Wildman–Crippen LogP) is 0.0296. The third-order valence-electron chi connectivity index (χ3n) is 2.43. The molecule has 0 atom stereocenters. The van der Waals surface area contributed by atoms with Crippen LogP contribution < -0.4 is 10.6 Å². The Kier molecular flexibility index (Phi) is 2.39. The van der Waals surface area contributed by atoms with Crippen molar-refractivity contribution in [2.45, 2.75) is 19.6 Å². The molecule has 4 heteroatoms. The number of β-amino-alcohol motifs (C(OH)–C–C–N with tert-alkyl or cyclic N) is 1. The Morgan fingerprint density at radius 3 is 2.86 bits per heavy atom. The molecule has 0 aliphatic carbocycles. The van der Waals surface area contributed by atoms with Crippen molar-refractivity contribution < 1.29 is 5.11 Å². The third kappa shape index (κ3) is 1.71. The van der Waals surface area contributed by atoms with Crippen LogP contribution >= 0.6 is 0 Å². The van der Waals surface area contributed by atoms with Gasteiger partial charge in [-0.05, 0) is 19.1 Å². The molecule has 1 fully saturated rings. The van der Waals surface area contributed by atoms with Crippen LogP contribution in [0.5, 0.6) is 0 Å². The summed E-state index contributed by atoms with van der Waals surface area (Å²) in [5, 5.41) is 9.19. The van der Waals surface area contributed by atoms with E-state index in [1.54, 1.807) is 0 Å². The Balaban J connectivity index is 2.21. The van der Waals surface area contributed by atoms with Gasteiger partial charge in [0.05, 0.1) is 11.8 Å². The minimum atomic E-state index is -0.176. The quantitative estimate of drug-likeness (QED) is 0.695. The number of anilines is 1. The van der Waals surface area contributed by atoms with E-state index < -0.39 is 0 Å². The van der Waals surface area contributed by atoms with Crippen LogP contribution in [-0.4, -0.2) is 29.3 Å². The lowest BCUT2D eigenvalue weighted by Crippen LogP contribution is -2.50. The zero-order valence-electron chi connectivity index (χ0n) is 8.27. The molecule has 0 aromatic carbocycles. The minimum absolute atomic E-state index is 0.176. The number of pyridine rings is 1. The second kappa shape index (κ2) is 3.55. The number of nitrogens with two attached hydrogens (primary N) is 1. The summed E-state index contributed by atoms with van der Waals surface area (Å²) in [5.74, 6) is 0. The van der Waals surface area contributed by atoms with Crippen LogP contribution in [0.2, 0.25) is 0 Å². The van der Waals surface area contributed by atoms with Crippen molar-refractivity contribution in [3.8, 4) is 0 Å². The number of nitrogens with zero attached hydrogens (tertiary/aromatic N) is 2. The first-order valence-electron chi connectivity index (χ1n) is 4.79. The molecule has 76 valence electrons. The molecule has 0 amide bonds. The van der Waals surface area contributed by atoms with E-state index in [1.807, 2.05) is 19.1 Å². The van der Waals surface area contributed by atoms with Crippen molar-refractivity contribution in [1.82, 2.24) is 4.98 Å². The molecule has 0 bridgehead atoms. The summed E-state index contributed by atoms with van der Waals surface area (Å²) in [4.78, 5) is 6.42. The van der Waals surface area contributed by atoms with Gasteiger partial charge in [-0.2, -0.15) is 0 Å². The summed E-state index contributed by atoms with van der Waals surface area (Å²) in [6.07, 6.45) is -0.176. The lowest BCUT2D eigenvalue weighted by molar-refractivity contribution is 0.142. The Labute approximate surface area is 83.4 Å². The number of aryl methyl sites for hydroxylation is 1. The molecule has 1 aliphatic heterocycles. The first kappa shape index (κ1) is 9.43. The zero-order valence-corrected chi connectivity index (χ0v) is 8.27. The van der Waals surface area contributed by atoms with E-state index in [1.165, 1.54) is 0 Å². The SMILES string of the molecule is Cc1cc(N2CC(O)C2)cc(CN)n1. The average molecular weight is 193 g/mol. The van der Waals surface area contributed by atoms with Crippen molar-refractivity contribution >= 4 is 5.69 Å². The molecule has 0 spiro atoms. The highest BCUT2D eigenvalue weighted by Gasteiger charge is 2.24. The number of aromatic nitrogens is 1. The van der Waals surface area contributed by atoms with Crippen molar-refractivity contribution in [3.63, 3.8) is 0 Å². The van der Waals surface area contributed by atoms with Crippen LogP contribution in [0.1, 0.15) is 11.4 Å². The summed E-state index contributed by atoms with van der Waals surface area (Å²) in [6.45, 7) is 3.85. The second-order valence-corrected chi connectivity index (χ2v) is 3.72. The molecule has 0 radical (unpaired) electrons. The fourth-order valence-electron chi connectivity index (χ4n) is 1.67. The van der Waals surface area contributed by atoms with Crippen LogP contribution in [0, 0.1) is 6.92 Å². The van der Waals surface area contributed by atoms with Gasteiger partial charge < -0.3 is 15.7 Å².